The Bertz CT molecular complexity index is 507. The molecule has 2 rings (SSSR count). The summed E-state index contributed by atoms with van der Waals surface area (Å²) in [4.78, 5) is 4.63. The van der Waals surface area contributed by atoms with Crippen molar-refractivity contribution in [2.24, 2.45) is 0 Å². The Morgan fingerprint density at radius 3 is 3.06 bits per heavy atom. The summed E-state index contributed by atoms with van der Waals surface area (Å²) in [6.07, 6.45) is 1.90. The van der Waals surface area contributed by atoms with Gasteiger partial charge in [0.25, 0.3) is 0 Å². The number of nitrogens with zero attached hydrogens (tertiary/aromatic N) is 2. The molecule has 0 aliphatic carbocycles. The quantitative estimate of drug-likeness (QED) is 0.447. The largest absolute Gasteiger partial charge is 0.384 e. The van der Waals surface area contributed by atoms with Crippen molar-refractivity contribution >= 4 is 22.8 Å². The smallest absolute Gasteiger partial charge is 0.169 e. The Labute approximate surface area is 105 Å². The van der Waals surface area contributed by atoms with E-state index < -0.39 is 0 Å². The number of benzene rings is 1. The second-order valence-electron chi connectivity index (χ2n) is 3.62. The molecular formula is C13H16N2OS. The monoisotopic (exact) mass is 248 g/mol. The third-order valence-corrected chi connectivity index (χ3v) is 3.39. The summed E-state index contributed by atoms with van der Waals surface area (Å²) in [6.45, 7) is 5.32. The van der Waals surface area contributed by atoms with Crippen LogP contribution in [0.1, 0.15) is 0 Å². The van der Waals surface area contributed by atoms with Gasteiger partial charge in [-0.3, -0.25) is 0 Å². The molecule has 0 bridgehead atoms. The first kappa shape index (κ1) is 12.2. The van der Waals surface area contributed by atoms with Crippen LogP contribution in [0.4, 0.5) is 0 Å². The molecule has 17 heavy (non-hydrogen) atoms. The molecule has 0 aliphatic rings. The van der Waals surface area contributed by atoms with Crippen molar-refractivity contribution in [2.45, 2.75) is 11.7 Å². The van der Waals surface area contributed by atoms with Crippen molar-refractivity contribution in [3.05, 3.63) is 36.9 Å². The van der Waals surface area contributed by atoms with E-state index in [2.05, 4.69) is 22.2 Å². The number of para-hydroxylation sites is 2. The minimum atomic E-state index is 0.738. The van der Waals surface area contributed by atoms with E-state index in [1.807, 2.05) is 24.3 Å². The molecule has 3 nitrogen and oxygen atoms in total. The van der Waals surface area contributed by atoms with Gasteiger partial charge in [-0.1, -0.05) is 30.0 Å². The van der Waals surface area contributed by atoms with Gasteiger partial charge in [-0.2, -0.15) is 0 Å². The van der Waals surface area contributed by atoms with Crippen LogP contribution in [0.3, 0.4) is 0 Å². The van der Waals surface area contributed by atoms with Gasteiger partial charge in [-0.15, -0.1) is 6.58 Å². The van der Waals surface area contributed by atoms with Crippen LogP contribution in [0.15, 0.2) is 42.1 Å². The van der Waals surface area contributed by atoms with E-state index in [4.69, 9.17) is 4.74 Å². The summed E-state index contributed by atoms with van der Waals surface area (Å²) in [5.74, 6) is 0.914. The van der Waals surface area contributed by atoms with Crippen LogP contribution in [0.25, 0.3) is 11.0 Å². The molecule has 1 aromatic heterocycles. The van der Waals surface area contributed by atoms with Crippen LogP contribution < -0.4 is 0 Å². The zero-order chi connectivity index (χ0) is 12.1. The van der Waals surface area contributed by atoms with Crippen molar-refractivity contribution < 1.29 is 4.74 Å². The lowest BCUT2D eigenvalue weighted by Crippen LogP contribution is -1.99. The third kappa shape index (κ3) is 2.70. The van der Waals surface area contributed by atoms with Crippen molar-refractivity contribution in [1.29, 1.82) is 0 Å². The molecule has 0 N–H and O–H groups in total. The zero-order valence-electron chi connectivity index (χ0n) is 9.93. The van der Waals surface area contributed by atoms with E-state index in [1.165, 1.54) is 0 Å². The number of imidazole rings is 1. The van der Waals surface area contributed by atoms with E-state index in [9.17, 15) is 0 Å². The minimum Gasteiger partial charge on any atom is -0.384 e. The Balaban J connectivity index is 2.32. The average molecular weight is 248 g/mol. The van der Waals surface area contributed by atoms with Gasteiger partial charge in [0.05, 0.1) is 17.6 Å². The van der Waals surface area contributed by atoms with E-state index in [1.54, 1.807) is 18.9 Å². The number of rotatable bonds is 6. The average Bonchev–Trinajstić information content (AvgIpc) is 2.69. The minimum absolute atomic E-state index is 0.738. The molecule has 4 heteroatoms. The Morgan fingerprint density at radius 1 is 1.47 bits per heavy atom. The number of hydrogen-bond donors (Lipinski definition) is 0. The molecule has 1 aromatic carbocycles. The van der Waals surface area contributed by atoms with E-state index in [-0.39, 0.29) is 0 Å². The summed E-state index contributed by atoms with van der Waals surface area (Å²) in [5, 5.41) is 1.03. The predicted molar refractivity (Wildman–Crippen MR) is 72.5 cm³/mol. The highest BCUT2D eigenvalue weighted by molar-refractivity contribution is 7.99. The van der Waals surface area contributed by atoms with E-state index in [0.29, 0.717) is 0 Å². The van der Waals surface area contributed by atoms with Gasteiger partial charge in [-0.05, 0) is 12.1 Å². The molecule has 90 valence electrons. The summed E-state index contributed by atoms with van der Waals surface area (Å²) in [6, 6.07) is 8.17. The first-order valence-electron chi connectivity index (χ1n) is 5.54. The number of methoxy groups -OCH3 is 1. The summed E-state index contributed by atoms with van der Waals surface area (Å²) < 4.78 is 7.24. The molecule has 0 atom stereocenters. The molecule has 0 unspecified atom stereocenters. The van der Waals surface area contributed by atoms with Gasteiger partial charge >= 0.3 is 0 Å². The third-order valence-electron chi connectivity index (χ3n) is 2.45. The van der Waals surface area contributed by atoms with Crippen molar-refractivity contribution in [3.63, 3.8) is 0 Å². The number of fused-ring (bicyclic) bond motifs is 1. The van der Waals surface area contributed by atoms with Gasteiger partial charge in [0.2, 0.25) is 0 Å². The van der Waals surface area contributed by atoms with Crippen molar-refractivity contribution in [1.82, 2.24) is 9.55 Å². The molecule has 0 fully saturated rings. The second kappa shape index (κ2) is 5.89. The number of allylic oxidation sites excluding steroid dienone is 1. The molecule has 2 aromatic rings. The second-order valence-corrected chi connectivity index (χ2v) is 4.69. The fourth-order valence-electron chi connectivity index (χ4n) is 1.69. The highest BCUT2D eigenvalue weighted by Gasteiger charge is 2.09. The van der Waals surface area contributed by atoms with Gasteiger partial charge in [0.15, 0.2) is 5.16 Å². The topological polar surface area (TPSA) is 27.1 Å². The lowest BCUT2D eigenvalue weighted by Gasteiger charge is -2.05. The molecule has 0 saturated heterocycles. The fourth-order valence-corrected chi connectivity index (χ4v) is 2.61. The molecule has 0 aliphatic heterocycles. The van der Waals surface area contributed by atoms with Crippen LogP contribution >= 0.6 is 11.8 Å². The molecule has 0 radical (unpaired) electrons. The Morgan fingerprint density at radius 2 is 2.29 bits per heavy atom. The molecule has 0 amide bonds. The van der Waals surface area contributed by atoms with Crippen LogP contribution in [0.2, 0.25) is 0 Å². The fraction of sp³-hybridized carbons (Fsp3) is 0.308. The highest BCUT2D eigenvalue weighted by atomic mass is 32.2. The summed E-state index contributed by atoms with van der Waals surface area (Å²) in [7, 11) is 1.72. The number of thioether (sulfide) groups is 1. The predicted octanol–water partition coefficient (Wildman–Crippen LogP) is 2.96. The molecular weight excluding hydrogens is 232 g/mol. The number of hydrogen-bond acceptors (Lipinski definition) is 3. The number of aromatic nitrogens is 2. The Kier molecular flexibility index (Phi) is 4.23. The van der Waals surface area contributed by atoms with Gasteiger partial charge in [0, 0.05) is 19.4 Å². The maximum absolute atomic E-state index is 5.06. The van der Waals surface area contributed by atoms with Crippen molar-refractivity contribution in [2.75, 3.05) is 19.5 Å². The molecule has 0 spiro atoms. The lowest BCUT2D eigenvalue weighted by atomic mass is 10.3. The normalized spacial score (nSPS) is 10.9. The van der Waals surface area contributed by atoms with Crippen LogP contribution in [-0.4, -0.2) is 29.0 Å². The van der Waals surface area contributed by atoms with Crippen molar-refractivity contribution in [3.8, 4) is 0 Å². The van der Waals surface area contributed by atoms with Gasteiger partial charge in [-0.25, -0.2) is 4.98 Å². The standard InChI is InChI=1S/C13H16N2OS/c1-3-8-15-12-7-5-4-6-11(12)14-13(15)17-10-9-16-2/h3-7H,1,8-10H2,2H3. The Hall–Kier alpha value is -1.26. The SMILES string of the molecule is C=CCn1c(SCCOC)nc2ccccc21. The van der Waals surface area contributed by atoms with Crippen LogP contribution in [0, 0.1) is 0 Å². The van der Waals surface area contributed by atoms with Gasteiger partial charge in [0.1, 0.15) is 0 Å². The van der Waals surface area contributed by atoms with Gasteiger partial charge < -0.3 is 9.30 Å². The first-order chi connectivity index (χ1) is 8.36. The maximum Gasteiger partial charge on any atom is 0.169 e. The van der Waals surface area contributed by atoms with Crippen LogP contribution in [0.5, 0.6) is 0 Å². The lowest BCUT2D eigenvalue weighted by molar-refractivity contribution is 0.218. The molecule has 0 saturated carbocycles. The van der Waals surface area contributed by atoms with E-state index in [0.717, 1.165) is 35.1 Å². The summed E-state index contributed by atoms with van der Waals surface area (Å²) in [5.41, 5.74) is 2.20. The molecule has 1 heterocycles. The van der Waals surface area contributed by atoms with E-state index >= 15 is 0 Å². The number of ether oxygens (including phenoxy) is 1. The maximum atomic E-state index is 5.06. The highest BCUT2D eigenvalue weighted by Crippen LogP contribution is 2.23. The first-order valence-corrected chi connectivity index (χ1v) is 6.53. The van der Waals surface area contributed by atoms with Crippen LogP contribution in [-0.2, 0) is 11.3 Å². The zero-order valence-corrected chi connectivity index (χ0v) is 10.7. The summed E-state index contributed by atoms with van der Waals surface area (Å²) >= 11 is 1.72.